The fourth-order valence-corrected chi connectivity index (χ4v) is 1.66. The van der Waals surface area contributed by atoms with E-state index in [9.17, 15) is 0 Å². The third-order valence-electron chi connectivity index (χ3n) is 2.37. The lowest BCUT2D eigenvalue weighted by atomic mass is 10.0. The molecule has 0 heterocycles. The molecule has 0 aromatic heterocycles. The Hall–Kier alpha value is -0.730. The third-order valence-corrected chi connectivity index (χ3v) is 2.37. The highest BCUT2D eigenvalue weighted by atomic mass is 35.5. The summed E-state index contributed by atoms with van der Waals surface area (Å²) in [6.07, 6.45) is 1.93. The molecule has 0 radical (unpaired) electrons. The van der Waals surface area contributed by atoms with E-state index < -0.39 is 0 Å². The average molecular weight is 244 g/mol. The Morgan fingerprint density at radius 2 is 2.00 bits per heavy atom. The van der Waals surface area contributed by atoms with Gasteiger partial charge in [-0.3, -0.25) is 0 Å². The number of nitrogens with two attached hydrogens (primary N) is 1. The van der Waals surface area contributed by atoms with Crippen LogP contribution in [0.4, 0.5) is 0 Å². The van der Waals surface area contributed by atoms with Crippen molar-refractivity contribution in [3.63, 3.8) is 0 Å². The first-order chi connectivity index (χ1) is 7.17. The van der Waals surface area contributed by atoms with E-state index in [1.807, 2.05) is 13.8 Å². The minimum absolute atomic E-state index is 0. The molecule has 1 atom stereocenters. The van der Waals surface area contributed by atoms with E-state index in [4.69, 9.17) is 10.5 Å². The molecule has 1 unspecified atom stereocenters. The molecule has 0 bridgehead atoms. The van der Waals surface area contributed by atoms with Gasteiger partial charge in [-0.2, -0.15) is 0 Å². The Labute approximate surface area is 105 Å². The van der Waals surface area contributed by atoms with E-state index in [0.29, 0.717) is 6.61 Å². The number of ether oxygens (including phenoxy) is 1. The van der Waals surface area contributed by atoms with Gasteiger partial charge >= 0.3 is 0 Å². The van der Waals surface area contributed by atoms with Crippen LogP contribution in [0.3, 0.4) is 0 Å². The van der Waals surface area contributed by atoms with Crippen molar-refractivity contribution in [2.45, 2.75) is 39.7 Å². The molecular weight excluding hydrogens is 222 g/mol. The van der Waals surface area contributed by atoms with Crippen LogP contribution in [0, 0.1) is 0 Å². The second-order valence-electron chi connectivity index (χ2n) is 3.91. The number of aryl methyl sites for hydroxylation is 1. The lowest BCUT2D eigenvalue weighted by Gasteiger charge is -2.13. The monoisotopic (exact) mass is 243 g/mol. The van der Waals surface area contributed by atoms with Crippen LogP contribution in [0.5, 0.6) is 5.75 Å². The van der Waals surface area contributed by atoms with E-state index in [1.54, 1.807) is 0 Å². The highest BCUT2D eigenvalue weighted by Crippen LogP contribution is 2.21. The molecule has 16 heavy (non-hydrogen) atoms. The van der Waals surface area contributed by atoms with Gasteiger partial charge in [-0.1, -0.05) is 19.1 Å². The van der Waals surface area contributed by atoms with Crippen molar-refractivity contribution in [3.05, 3.63) is 29.3 Å². The smallest absolute Gasteiger partial charge is 0.122 e. The van der Waals surface area contributed by atoms with E-state index >= 15 is 0 Å². The van der Waals surface area contributed by atoms with Gasteiger partial charge in [0, 0.05) is 6.04 Å². The Balaban J connectivity index is 0.00000225. The number of halogens is 1. The van der Waals surface area contributed by atoms with Gasteiger partial charge in [0.15, 0.2) is 0 Å². The molecule has 0 aliphatic rings. The molecule has 3 heteroatoms. The standard InChI is InChI=1S/C13H21NO.ClH/c1-4-11-6-7-13(15-5-2)12(9-11)8-10(3)14;/h6-7,9-10H,4-5,8,14H2,1-3H3;1H. The first kappa shape index (κ1) is 15.3. The van der Waals surface area contributed by atoms with Crippen LogP contribution in [0.15, 0.2) is 18.2 Å². The zero-order valence-electron chi connectivity index (χ0n) is 10.3. The first-order valence-corrected chi connectivity index (χ1v) is 5.67. The minimum atomic E-state index is 0. The highest BCUT2D eigenvalue weighted by molar-refractivity contribution is 5.85. The quantitative estimate of drug-likeness (QED) is 0.863. The van der Waals surface area contributed by atoms with Crippen molar-refractivity contribution >= 4 is 12.4 Å². The summed E-state index contributed by atoms with van der Waals surface area (Å²) in [5.74, 6) is 0.979. The van der Waals surface area contributed by atoms with Gasteiger partial charge in [0.2, 0.25) is 0 Å². The molecule has 0 aliphatic heterocycles. The highest BCUT2D eigenvalue weighted by Gasteiger charge is 2.06. The summed E-state index contributed by atoms with van der Waals surface area (Å²) in [5, 5.41) is 0. The molecule has 92 valence electrons. The minimum Gasteiger partial charge on any atom is -0.494 e. The summed E-state index contributed by atoms with van der Waals surface area (Å²) >= 11 is 0. The van der Waals surface area contributed by atoms with Gasteiger partial charge in [0.1, 0.15) is 5.75 Å². The Morgan fingerprint density at radius 1 is 1.31 bits per heavy atom. The second kappa shape index (κ2) is 7.53. The summed E-state index contributed by atoms with van der Waals surface area (Å²) in [6, 6.07) is 6.56. The maximum atomic E-state index is 5.83. The van der Waals surface area contributed by atoms with Crippen LogP contribution in [0.25, 0.3) is 0 Å². The summed E-state index contributed by atoms with van der Waals surface area (Å²) in [4.78, 5) is 0. The van der Waals surface area contributed by atoms with E-state index in [-0.39, 0.29) is 18.4 Å². The van der Waals surface area contributed by atoms with Gasteiger partial charge in [0.05, 0.1) is 6.61 Å². The van der Waals surface area contributed by atoms with E-state index in [1.165, 1.54) is 11.1 Å². The average Bonchev–Trinajstić information content (AvgIpc) is 2.20. The molecule has 0 spiro atoms. The molecule has 1 rings (SSSR count). The van der Waals surface area contributed by atoms with Gasteiger partial charge in [-0.05, 0) is 43.9 Å². The van der Waals surface area contributed by atoms with Crippen LogP contribution >= 0.6 is 12.4 Å². The lowest BCUT2D eigenvalue weighted by Crippen LogP contribution is -2.18. The van der Waals surface area contributed by atoms with Crippen molar-refractivity contribution in [1.82, 2.24) is 0 Å². The molecule has 0 saturated carbocycles. The van der Waals surface area contributed by atoms with Gasteiger partial charge in [-0.15, -0.1) is 12.4 Å². The largest absolute Gasteiger partial charge is 0.494 e. The Kier molecular flexibility index (Phi) is 7.18. The molecule has 1 aromatic rings. The van der Waals surface area contributed by atoms with Crippen molar-refractivity contribution < 1.29 is 4.74 Å². The van der Waals surface area contributed by atoms with Gasteiger partial charge in [-0.25, -0.2) is 0 Å². The number of hydrogen-bond donors (Lipinski definition) is 1. The number of hydrogen-bond acceptors (Lipinski definition) is 2. The van der Waals surface area contributed by atoms with Crippen LogP contribution in [0.1, 0.15) is 31.9 Å². The van der Waals surface area contributed by atoms with Crippen molar-refractivity contribution in [3.8, 4) is 5.75 Å². The van der Waals surface area contributed by atoms with Crippen LogP contribution < -0.4 is 10.5 Å². The van der Waals surface area contributed by atoms with Crippen LogP contribution in [0.2, 0.25) is 0 Å². The maximum absolute atomic E-state index is 5.83. The molecule has 1 aromatic carbocycles. The molecule has 0 amide bonds. The zero-order valence-corrected chi connectivity index (χ0v) is 11.1. The third kappa shape index (κ3) is 4.42. The van der Waals surface area contributed by atoms with Crippen molar-refractivity contribution in [2.75, 3.05) is 6.61 Å². The summed E-state index contributed by atoms with van der Waals surface area (Å²) < 4.78 is 5.58. The first-order valence-electron chi connectivity index (χ1n) is 5.67. The van der Waals surface area contributed by atoms with Crippen LogP contribution in [-0.2, 0) is 12.8 Å². The second-order valence-corrected chi connectivity index (χ2v) is 3.91. The summed E-state index contributed by atoms with van der Waals surface area (Å²) in [5.41, 5.74) is 8.40. The predicted molar refractivity (Wildman–Crippen MR) is 71.6 cm³/mol. The summed E-state index contributed by atoms with van der Waals surface area (Å²) in [6.45, 7) is 6.89. The Morgan fingerprint density at radius 3 is 2.50 bits per heavy atom. The molecule has 0 aliphatic carbocycles. The topological polar surface area (TPSA) is 35.2 Å². The molecule has 2 nitrogen and oxygen atoms in total. The van der Waals surface area contributed by atoms with Crippen molar-refractivity contribution in [1.29, 1.82) is 0 Å². The number of rotatable bonds is 5. The fraction of sp³-hybridized carbons (Fsp3) is 0.538. The zero-order chi connectivity index (χ0) is 11.3. The molecule has 0 saturated heterocycles. The van der Waals surface area contributed by atoms with Gasteiger partial charge in [0.25, 0.3) is 0 Å². The van der Waals surface area contributed by atoms with E-state index in [0.717, 1.165) is 18.6 Å². The molecular formula is C13H22ClNO. The molecule has 0 fully saturated rings. The maximum Gasteiger partial charge on any atom is 0.122 e. The van der Waals surface area contributed by atoms with E-state index in [2.05, 4.69) is 25.1 Å². The van der Waals surface area contributed by atoms with Crippen molar-refractivity contribution in [2.24, 2.45) is 5.73 Å². The number of benzene rings is 1. The molecule has 2 N–H and O–H groups in total. The SMILES string of the molecule is CCOc1ccc(CC)cc1CC(C)N.Cl. The predicted octanol–water partition coefficient (Wildman–Crippen LogP) is 2.96. The fourth-order valence-electron chi connectivity index (χ4n) is 1.66. The van der Waals surface area contributed by atoms with Crippen LogP contribution in [-0.4, -0.2) is 12.6 Å². The summed E-state index contributed by atoms with van der Waals surface area (Å²) in [7, 11) is 0. The normalized spacial score (nSPS) is 11.8. The Bertz CT molecular complexity index is 313. The lowest BCUT2D eigenvalue weighted by molar-refractivity contribution is 0.335. The van der Waals surface area contributed by atoms with Gasteiger partial charge < -0.3 is 10.5 Å².